The van der Waals surface area contributed by atoms with Crippen LogP contribution in [-0.2, 0) is 0 Å². The van der Waals surface area contributed by atoms with Gasteiger partial charge in [-0.15, -0.1) is 0 Å². The fourth-order valence-electron chi connectivity index (χ4n) is 3.64. The summed E-state index contributed by atoms with van der Waals surface area (Å²) in [6.45, 7) is 6.65. The van der Waals surface area contributed by atoms with Gasteiger partial charge in [0, 0.05) is 49.0 Å². The topological polar surface area (TPSA) is 38.7 Å². The molecule has 0 saturated carbocycles. The molecule has 21 heavy (non-hydrogen) atoms. The van der Waals surface area contributed by atoms with Crippen LogP contribution in [0.5, 0.6) is 5.75 Å². The molecule has 2 heterocycles. The Labute approximate surface area is 127 Å². The summed E-state index contributed by atoms with van der Waals surface area (Å²) in [6.07, 6.45) is 4.03. The molecule has 4 heteroatoms. The van der Waals surface area contributed by atoms with E-state index in [4.69, 9.17) is 0 Å². The number of fused-ring (bicyclic) bond motifs is 1. The number of nitrogens with zero attached hydrogens (tertiary/aromatic N) is 2. The predicted molar refractivity (Wildman–Crippen MR) is 87.0 cm³/mol. The summed E-state index contributed by atoms with van der Waals surface area (Å²) in [7, 11) is 1.92. The van der Waals surface area contributed by atoms with Crippen LogP contribution >= 0.6 is 0 Å². The highest BCUT2D eigenvalue weighted by molar-refractivity contribution is 5.54. The molecule has 4 nitrogen and oxygen atoms in total. The Balaban J connectivity index is 1.73. The molecule has 1 aromatic rings. The van der Waals surface area contributed by atoms with Gasteiger partial charge in [-0.3, -0.25) is 4.90 Å². The van der Waals surface area contributed by atoms with Crippen LogP contribution in [0.15, 0.2) is 18.2 Å². The summed E-state index contributed by atoms with van der Waals surface area (Å²) in [6, 6.07) is 7.02. The van der Waals surface area contributed by atoms with Crippen molar-refractivity contribution in [2.24, 2.45) is 0 Å². The lowest BCUT2D eigenvalue weighted by Crippen LogP contribution is -2.54. The van der Waals surface area contributed by atoms with Crippen molar-refractivity contribution in [3.63, 3.8) is 0 Å². The largest absolute Gasteiger partial charge is 0.508 e. The molecule has 116 valence electrons. The van der Waals surface area contributed by atoms with Crippen molar-refractivity contribution in [3.8, 4) is 5.75 Å². The first kappa shape index (κ1) is 14.7. The maximum atomic E-state index is 10.3. The van der Waals surface area contributed by atoms with Crippen molar-refractivity contribution in [2.75, 3.05) is 38.1 Å². The van der Waals surface area contributed by atoms with E-state index >= 15 is 0 Å². The van der Waals surface area contributed by atoms with Gasteiger partial charge in [0.2, 0.25) is 0 Å². The number of phenolic OH excluding ortho intramolecular Hbond substituents is 1. The van der Waals surface area contributed by atoms with Gasteiger partial charge in [0.15, 0.2) is 0 Å². The van der Waals surface area contributed by atoms with Crippen LogP contribution in [0, 0.1) is 0 Å². The fraction of sp³-hybridized carbons (Fsp3) is 0.647. The van der Waals surface area contributed by atoms with Crippen molar-refractivity contribution in [1.29, 1.82) is 0 Å². The molecule has 2 atom stereocenters. The number of benzene rings is 1. The van der Waals surface area contributed by atoms with Gasteiger partial charge in [0.05, 0.1) is 0 Å². The molecule has 0 aromatic heterocycles. The van der Waals surface area contributed by atoms with E-state index in [2.05, 4.69) is 34.2 Å². The van der Waals surface area contributed by atoms with Crippen LogP contribution in [0.3, 0.4) is 0 Å². The maximum Gasteiger partial charge on any atom is 0.122 e. The number of phenols is 1. The number of piperidine rings is 1. The van der Waals surface area contributed by atoms with Crippen molar-refractivity contribution in [2.45, 2.75) is 38.3 Å². The number of hydrogen-bond acceptors (Lipinski definition) is 4. The normalized spacial score (nSPS) is 24.7. The Morgan fingerprint density at radius 3 is 2.86 bits per heavy atom. The van der Waals surface area contributed by atoms with Crippen LogP contribution in [0.25, 0.3) is 0 Å². The first-order valence-electron chi connectivity index (χ1n) is 8.18. The highest BCUT2D eigenvalue weighted by atomic mass is 16.3. The van der Waals surface area contributed by atoms with Crippen LogP contribution in [0.4, 0.5) is 5.69 Å². The average molecular weight is 289 g/mol. The van der Waals surface area contributed by atoms with E-state index in [0.717, 1.165) is 30.9 Å². The Bertz CT molecular complexity index is 491. The van der Waals surface area contributed by atoms with Crippen molar-refractivity contribution in [3.05, 3.63) is 23.8 Å². The summed E-state index contributed by atoms with van der Waals surface area (Å²) in [5.74, 6) is 0.403. The molecule has 1 aromatic carbocycles. The monoisotopic (exact) mass is 289 g/mol. The van der Waals surface area contributed by atoms with Gasteiger partial charge in [-0.25, -0.2) is 0 Å². The molecule has 2 unspecified atom stereocenters. The molecule has 0 radical (unpaired) electrons. The van der Waals surface area contributed by atoms with E-state index in [1.165, 1.54) is 25.8 Å². The molecule has 0 amide bonds. The summed E-state index contributed by atoms with van der Waals surface area (Å²) >= 11 is 0. The molecule has 2 aliphatic heterocycles. The Kier molecular flexibility index (Phi) is 4.36. The minimum Gasteiger partial charge on any atom is -0.508 e. The van der Waals surface area contributed by atoms with Crippen LogP contribution < -0.4 is 10.2 Å². The van der Waals surface area contributed by atoms with E-state index < -0.39 is 0 Å². The number of piperazine rings is 1. The van der Waals surface area contributed by atoms with E-state index in [0.29, 0.717) is 11.8 Å². The number of aromatic hydroxyl groups is 1. The molecular weight excluding hydrogens is 262 g/mol. The highest BCUT2D eigenvalue weighted by Gasteiger charge is 2.29. The molecule has 2 fully saturated rings. The first-order valence-corrected chi connectivity index (χ1v) is 8.18. The number of hydrogen-bond donors (Lipinski definition) is 2. The SMILES string of the molecule is CNC(C)c1ccc(N2CCN3CCCCC3C2)cc1O. The third-order valence-electron chi connectivity index (χ3n) is 5.12. The van der Waals surface area contributed by atoms with Gasteiger partial charge in [-0.2, -0.15) is 0 Å². The standard InChI is InChI=1S/C17H27N3O/c1-13(18-2)16-7-6-14(11-17(16)21)20-10-9-19-8-4-3-5-15(19)12-20/h6-7,11,13,15,18,21H,3-5,8-10,12H2,1-2H3. The summed E-state index contributed by atoms with van der Waals surface area (Å²) in [4.78, 5) is 5.07. The lowest BCUT2D eigenvalue weighted by atomic mass is 9.99. The zero-order valence-electron chi connectivity index (χ0n) is 13.2. The highest BCUT2D eigenvalue weighted by Crippen LogP contribution is 2.31. The van der Waals surface area contributed by atoms with Gasteiger partial charge in [0.1, 0.15) is 5.75 Å². The van der Waals surface area contributed by atoms with Crippen molar-refractivity contribution >= 4 is 5.69 Å². The van der Waals surface area contributed by atoms with E-state index in [-0.39, 0.29) is 6.04 Å². The number of nitrogens with one attached hydrogen (secondary N) is 1. The maximum absolute atomic E-state index is 10.3. The van der Waals surface area contributed by atoms with Crippen LogP contribution in [0.2, 0.25) is 0 Å². The number of rotatable bonds is 3. The van der Waals surface area contributed by atoms with Gasteiger partial charge in [-0.1, -0.05) is 12.5 Å². The van der Waals surface area contributed by atoms with E-state index in [1.807, 2.05) is 13.1 Å². The molecule has 3 rings (SSSR count). The molecule has 0 spiro atoms. The molecular formula is C17H27N3O. The van der Waals surface area contributed by atoms with Crippen LogP contribution in [-0.4, -0.2) is 49.3 Å². The quantitative estimate of drug-likeness (QED) is 0.896. The Morgan fingerprint density at radius 2 is 2.10 bits per heavy atom. The summed E-state index contributed by atoms with van der Waals surface area (Å²) in [5.41, 5.74) is 2.13. The molecule has 2 saturated heterocycles. The summed E-state index contributed by atoms with van der Waals surface area (Å²) < 4.78 is 0. The third kappa shape index (κ3) is 3.01. The second kappa shape index (κ2) is 6.24. The second-order valence-electron chi connectivity index (χ2n) is 6.39. The fourth-order valence-corrected chi connectivity index (χ4v) is 3.64. The average Bonchev–Trinajstić information content (AvgIpc) is 2.53. The van der Waals surface area contributed by atoms with Crippen molar-refractivity contribution < 1.29 is 5.11 Å². The summed E-state index contributed by atoms with van der Waals surface area (Å²) in [5, 5.41) is 13.5. The predicted octanol–water partition coefficient (Wildman–Crippen LogP) is 2.35. The van der Waals surface area contributed by atoms with Gasteiger partial charge in [0.25, 0.3) is 0 Å². The Morgan fingerprint density at radius 1 is 1.24 bits per heavy atom. The third-order valence-corrected chi connectivity index (χ3v) is 5.12. The van der Waals surface area contributed by atoms with Gasteiger partial charge >= 0.3 is 0 Å². The zero-order valence-corrected chi connectivity index (χ0v) is 13.2. The van der Waals surface area contributed by atoms with Gasteiger partial charge in [-0.05, 0) is 39.4 Å². The minimum atomic E-state index is 0.175. The minimum absolute atomic E-state index is 0.175. The lowest BCUT2D eigenvalue weighted by molar-refractivity contribution is 0.133. The number of anilines is 1. The van der Waals surface area contributed by atoms with Crippen molar-refractivity contribution in [1.82, 2.24) is 10.2 Å². The zero-order chi connectivity index (χ0) is 14.8. The molecule has 2 N–H and O–H groups in total. The second-order valence-corrected chi connectivity index (χ2v) is 6.39. The Hall–Kier alpha value is -1.26. The van der Waals surface area contributed by atoms with E-state index in [1.54, 1.807) is 0 Å². The lowest BCUT2D eigenvalue weighted by Gasteiger charge is -2.45. The smallest absolute Gasteiger partial charge is 0.122 e. The first-order chi connectivity index (χ1) is 10.2. The molecule has 0 bridgehead atoms. The van der Waals surface area contributed by atoms with Gasteiger partial charge < -0.3 is 15.3 Å². The molecule has 2 aliphatic rings. The van der Waals surface area contributed by atoms with Crippen LogP contribution in [0.1, 0.15) is 37.8 Å². The molecule has 0 aliphatic carbocycles. The van der Waals surface area contributed by atoms with E-state index in [9.17, 15) is 5.11 Å².